The maximum absolute atomic E-state index is 12.9. The van der Waals surface area contributed by atoms with Crippen LogP contribution in [0.15, 0.2) is 103 Å². The molecule has 2 saturated heterocycles. The summed E-state index contributed by atoms with van der Waals surface area (Å²) in [4.78, 5) is 27.6. The number of benzene rings is 4. The quantitative estimate of drug-likeness (QED) is 0.137. The molecular weight excluding hydrogens is 646 g/mol. The van der Waals surface area contributed by atoms with Gasteiger partial charge in [0.2, 0.25) is 0 Å². The van der Waals surface area contributed by atoms with Crippen LogP contribution in [-0.2, 0) is 38.6 Å². The number of aliphatic hydroxyl groups is 2. The summed E-state index contributed by atoms with van der Waals surface area (Å²) in [6.07, 6.45) is 2.14. The first kappa shape index (κ1) is 36.2. The molecule has 10 heteroatoms. The normalized spacial score (nSPS) is 21.2. The Morgan fingerprint density at radius 1 is 0.863 bits per heavy atom. The first-order valence-electron chi connectivity index (χ1n) is 17.6. The van der Waals surface area contributed by atoms with E-state index in [9.17, 15) is 19.8 Å². The minimum atomic E-state index is -0.818. The van der Waals surface area contributed by atoms with Gasteiger partial charge in [0.05, 0.1) is 32.5 Å². The van der Waals surface area contributed by atoms with Gasteiger partial charge in [-0.15, -0.1) is 0 Å². The average molecular weight is 694 g/mol. The highest BCUT2D eigenvalue weighted by molar-refractivity contribution is 5.83. The van der Waals surface area contributed by atoms with Crippen molar-refractivity contribution in [1.29, 1.82) is 0 Å². The van der Waals surface area contributed by atoms with Gasteiger partial charge < -0.3 is 35.1 Å². The molecular formula is C41H47N3O7. The summed E-state index contributed by atoms with van der Waals surface area (Å²) in [6.45, 7) is 2.04. The van der Waals surface area contributed by atoms with E-state index in [1.54, 1.807) is 0 Å². The number of rotatable bonds is 13. The Morgan fingerprint density at radius 2 is 1.61 bits per heavy atom. The van der Waals surface area contributed by atoms with E-state index in [1.807, 2.05) is 97.1 Å². The SMILES string of the molecule is COC(=O)[C@H](Cc1ccccc1)NC(=O)NCc1cccc(-c2cccc([C@H]3O[C@@H](CN4CCC[C@H]4CO)C[C@@H](c4ccc(CO)cc4)O3)c2)c1. The van der Waals surface area contributed by atoms with E-state index in [-0.39, 0.29) is 38.0 Å². The molecule has 2 heterocycles. The van der Waals surface area contributed by atoms with Crippen molar-refractivity contribution in [3.8, 4) is 11.1 Å². The number of methoxy groups -OCH3 is 1. The first-order chi connectivity index (χ1) is 24.9. The summed E-state index contributed by atoms with van der Waals surface area (Å²) in [5.74, 6) is -0.510. The Hall–Kier alpha value is -4.58. The van der Waals surface area contributed by atoms with Crippen molar-refractivity contribution < 1.29 is 34.0 Å². The van der Waals surface area contributed by atoms with Crippen LogP contribution in [0.4, 0.5) is 4.79 Å². The van der Waals surface area contributed by atoms with E-state index in [4.69, 9.17) is 14.2 Å². The molecule has 2 amide bonds. The molecule has 0 radical (unpaired) electrons. The summed E-state index contributed by atoms with van der Waals surface area (Å²) in [5.41, 5.74) is 6.53. The number of hydrogen-bond acceptors (Lipinski definition) is 8. The number of ether oxygens (including phenoxy) is 3. The smallest absolute Gasteiger partial charge is 0.328 e. The number of likely N-dealkylation sites (tertiary alicyclic amines) is 1. The van der Waals surface area contributed by atoms with Crippen LogP contribution in [0.3, 0.4) is 0 Å². The van der Waals surface area contributed by atoms with E-state index in [0.717, 1.165) is 58.3 Å². The number of urea groups is 1. The molecule has 0 aliphatic carbocycles. The lowest BCUT2D eigenvalue weighted by Gasteiger charge is -2.38. The number of carbonyl (C=O) groups excluding carboxylic acids is 2. The second-order valence-electron chi connectivity index (χ2n) is 13.2. The first-order valence-corrected chi connectivity index (χ1v) is 17.6. The molecule has 4 aromatic rings. The molecule has 0 saturated carbocycles. The minimum absolute atomic E-state index is 0.0143. The van der Waals surface area contributed by atoms with Gasteiger partial charge in [-0.05, 0) is 64.9 Å². The number of carbonyl (C=O) groups is 2. The molecule has 0 bridgehead atoms. The Kier molecular flexibility index (Phi) is 12.5. The van der Waals surface area contributed by atoms with Gasteiger partial charge in [-0.25, -0.2) is 9.59 Å². The van der Waals surface area contributed by atoms with Crippen molar-refractivity contribution in [2.24, 2.45) is 0 Å². The van der Waals surface area contributed by atoms with Gasteiger partial charge in [0.25, 0.3) is 0 Å². The largest absolute Gasteiger partial charge is 0.467 e. The number of esters is 1. The zero-order valence-electron chi connectivity index (χ0n) is 28.9. The summed E-state index contributed by atoms with van der Waals surface area (Å²) in [7, 11) is 1.31. The van der Waals surface area contributed by atoms with Crippen molar-refractivity contribution in [2.45, 2.75) is 69.4 Å². The standard InChI is InChI=1S/C41H47N3O7/c1-49-39(47)37(21-28-8-3-2-4-9-28)43-41(48)42-24-30-10-5-11-32(20-30)33-12-6-13-34(22-33)40-50-36(25-44-19-7-14-35(44)27-46)23-38(51-40)31-17-15-29(26-45)16-18-31/h2-6,8-13,15-18,20,22,35-38,40,45-46H,7,14,19,21,23-27H2,1H3,(H2,42,43,48)/t35-,36+,37-,38-,40-/m0/s1. The fraction of sp³-hybridized carbons (Fsp3) is 0.366. The van der Waals surface area contributed by atoms with Gasteiger partial charge in [-0.2, -0.15) is 0 Å². The Labute approximate surface area is 299 Å². The van der Waals surface area contributed by atoms with Crippen molar-refractivity contribution in [3.05, 3.63) is 131 Å². The molecule has 0 unspecified atom stereocenters. The maximum atomic E-state index is 12.9. The monoisotopic (exact) mass is 693 g/mol. The summed E-state index contributed by atoms with van der Waals surface area (Å²) in [6, 6.07) is 32.3. The number of hydrogen-bond donors (Lipinski definition) is 4. The van der Waals surface area contributed by atoms with E-state index in [2.05, 4.69) is 21.6 Å². The molecule has 5 atom stereocenters. The fourth-order valence-corrected chi connectivity index (χ4v) is 6.94. The van der Waals surface area contributed by atoms with Crippen LogP contribution in [-0.4, -0.2) is 72.1 Å². The van der Waals surface area contributed by atoms with Crippen LogP contribution in [0.1, 0.15) is 59.5 Å². The number of nitrogens with one attached hydrogen (secondary N) is 2. The lowest BCUT2D eigenvalue weighted by atomic mass is 9.98. The van der Waals surface area contributed by atoms with Crippen LogP contribution < -0.4 is 10.6 Å². The molecule has 4 aromatic carbocycles. The van der Waals surface area contributed by atoms with E-state index < -0.39 is 24.3 Å². The zero-order valence-corrected chi connectivity index (χ0v) is 28.9. The van der Waals surface area contributed by atoms with Crippen molar-refractivity contribution in [3.63, 3.8) is 0 Å². The fourth-order valence-electron chi connectivity index (χ4n) is 6.94. The van der Waals surface area contributed by atoms with Crippen molar-refractivity contribution >= 4 is 12.0 Å². The highest BCUT2D eigenvalue weighted by Crippen LogP contribution is 2.39. The number of amides is 2. The topological polar surface area (TPSA) is 130 Å². The highest BCUT2D eigenvalue weighted by Gasteiger charge is 2.35. The van der Waals surface area contributed by atoms with Crippen LogP contribution in [0, 0.1) is 0 Å². The zero-order chi connectivity index (χ0) is 35.6. The van der Waals surface area contributed by atoms with Gasteiger partial charge >= 0.3 is 12.0 Å². The van der Waals surface area contributed by atoms with E-state index in [0.29, 0.717) is 19.4 Å². The molecule has 0 aromatic heterocycles. The van der Waals surface area contributed by atoms with Crippen LogP contribution in [0.2, 0.25) is 0 Å². The second kappa shape index (κ2) is 17.6. The van der Waals surface area contributed by atoms with Gasteiger partial charge in [0, 0.05) is 37.5 Å². The van der Waals surface area contributed by atoms with Crippen LogP contribution in [0.5, 0.6) is 0 Å². The van der Waals surface area contributed by atoms with Crippen molar-refractivity contribution in [2.75, 3.05) is 26.8 Å². The predicted octanol–water partition coefficient (Wildman–Crippen LogP) is 5.43. The lowest BCUT2D eigenvalue weighted by molar-refractivity contribution is -0.253. The maximum Gasteiger partial charge on any atom is 0.328 e. The predicted molar refractivity (Wildman–Crippen MR) is 193 cm³/mol. The number of nitrogens with zero attached hydrogens (tertiary/aromatic N) is 1. The molecule has 0 spiro atoms. The summed E-state index contributed by atoms with van der Waals surface area (Å²) >= 11 is 0. The Balaban J connectivity index is 1.14. The van der Waals surface area contributed by atoms with E-state index in [1.165, 1.54) is 7.11 Å². The van der Waals surface area contributed by atoms with Crippen LogP contribution in [0.25, 0.3) is 11.1 Å². The third-order valence-electron chi connectivity index (χ3n) is 9.71. The minimum Gasteiger partial charge on any atom is -0.467 e. The molecule has 10 nitrogen and oxygen atoms in total. The van der Waals surface area contributed by atoms with E-state index >= 15 is 0 Å². The Bertz CT molecular complexity index is 1740. The summed E-state index contributed by atoms with van der Waals surface area (Å²) in [5, 5.41) is 25.1. The third-order valence-corrected chi connectivity index (χ3v) is 9.71. The number of aliphatic hydroxyl groups excluding tert-OH is 2. The van der Waals surface area contributed by atoms with Gasteiger partial charge in [-0.1, -0.05) is 91.0 Å². The van der Waals surface area contributed by atoms with Crippen molar-refractivity contribution in [1.82, 2.24) is 15.5 Å². The van der Waals surface area contributed by atoms with Crippen LogP contribution >= 0.6 is 0 Å². The molecule has 2 aliphatic rings. The molecule has 51 heavy (non-hydrogen) atoms. The lowest BCUT2D eigenvalue weighted by Crippen LogP contribution is -2.47. The highest BCUT2D eigenvalue weighted by atomic mass is 16.7. The molecule has 2 fully saturated rings. The van der Waals surface area contributed by atoms with Gasteiger partial charge in [0.15, 0.2) is 6.29 Å². The molecule has 2 aliphatic heterocycles. The Morgan fingerprint density at radius 3 is 2.35 bits per heavy atom. The molecule has 4 N–H and O–H groups in total. The summed E-state index contributed by atoms with van der Waals surface area (Å²) < 4.78 is 18.2. The third kappa shape index (κ3) is 9.61. The van der Waals surface area contributed by atoms with Gasteiger partial charge in [0.1, 0.15) is 6.04 Å². The second-order valence-corrected chi connectivity index (χ2v) is 13.2. The average Bonchev–Trinajstić information content (AvgIpc) is 3.64. The molecule has 6 rings (SSSR count). The molecule has 268 valence electrons. The van der Waals surface area contributed by atoms with Gasteiger partial charge in [-0.3, -0.25) is 4.90 Å².